The maximum Gasteiger partial charge on any atom is 0.166 e. The standard InChI is InChI=1S/C8H18N2OS/c1-4-7(2)10(8(9)12)5-6-11-3/h7H,4-6H2,1-3H3,(H2,9,12). The van der Waals surface area contributed by atoms with Crippen LogP contribution in [0.5, 0.6) is 0 Å². The molecule has 0 heterocycles. The van der Waals surface area contributed by atoms with Crippen molar-refractivity contribution in [2.24, 2.45) is 5.73 Å². The second-order valence-electron chi connectivity index (χ2n) is 2.78. The molecule has 0 bridgehead atoms. The molecule has 0 aromatic carbocycles. The van der Waals surface area contributed by atoms with E-state index in [1.54, 1.807) is 7.11 Å². The van der Waals surface area contributed by atoms with Crippen LogP contribution in [-0.4, -0.2) is 36.3 Å². The van der Waals surface area contributed by atoms with Gasteiger partial charge in [-0.25, -0.2) is 0 Å². The molecule has 0 aromatic heterocycles. The molecule has 0 aliphatic heterocycles. The minimum atomic E-state index is 0.401. The van der Waals surface area contributed by atoms with Crippen LogP contribution < -0.4 is 5.73 Å². The van der Waals surface area contributed by atoms with Gasteiger partial charge in [0.2, 0.25) is 0 Å². The summed E-state index contributed by atoms with van der Waals surface area (Å²) in [6.45, 7) is 5.67. The molecule has 4 heteroatoms. The van der Waals surface area contributed by atoms with Gasteiger partial charge in [-0.2, -0.15) is 0 Å². The molecular weight excluding hydrogens is 172 g/mol. The van der Waals surface area contributed by atoms with Gasteiger partial charge in [-0.05, 0) is 25.6 Å². The molecule has 72 valence electrons. The van der Waals surface area contributed by atoms with E-state index in [4.69, 9.17) is 22.7 Å². The summed E-state index contributed by atoms with van der Waals surface area (Å²) in [6, 6.07) is 0.401. The molecule has 12 heavy (non-hydrogen) atoms. The summed E-state index contributed by atoms with van der Waals surface area (Å²) >= 11 is 4.92. The molecule has 0 spiro atoms. The van der Waals surface area contributed by atoms with Crippen molar-refractivity contribution in [3.8, 4) is 0 Å². The largest absolute Gasteiger partial charge is 0.383 e. The summed E-state index contributed by atoms with van der Waals surface area (Å²) in [6.07, 6.45) is 1.04. The highest BCUT2D eigenvalue weighted by molar-refractivity contribution is 7.80. The minimum absolute atomic E-state index is 0.401. The lowest BCUT2D eigenvalue weighted by molar-refractivity contribution is 0.163. The van der Waals surface area contributed by atoms with Crippen LogP contribution in [0.2, 0.25) is 0 Å². The van der Waals surface area contributed by atoms with Gasteiger partial charge in [0.05, 0.1) is 6.61 Å². The van der Waals surface area contributed by atoms with Crippen molar-refractivity contribution in [2.75, 3.05) is 20.3 Å². The van der Waals surface area contributed by atoms with Crippen molar-refractivity contribution in [3.05, 3.63) is 0 Å². The number of nitrogens with zero attached hydrogens (tertiary/aromatic N) is 1. The van der Waals surface area contributed by atoms with Crippen LogP contribution in [-0.2, 0) is 4.74 Å². The van der Waals surface area contributed by atoms with Gasteiger partial charge in [-0.1, -0.05) is 6.92 Å². The monoisotopic (exact) mass is 190 g/mol. The lowest BCUT2D eigenvalue weighted by Gasteiger charge is -2.28. The predicted octanol–water partition coefficient (Wildman–Crippen LogP) is 0.977. The lowest BCUT2D eigenvalue weighted by atomic mass is 10.2. The number of ether oxygens (including phenoxy) is 1. The molecule has 0 saturated heterocycles. The van der Waals surface area contributed by atoms with Crippen LogP contribution in [0.4, 0.5) is 0 Å². The molecule has 2 N–H and O–H groups in total. The highest BCUT2D eigenvalue weighted by Gasteiger charge is 2.11. The van der Waals surface area contributed by atoms with Crippen molar-refractivity contribution in [2.45, 2.75) is 26.3 Å². The van der Waals surface area contributed by atoms with E-state index in [0.29, 0.717) is 17.8 Å². The van der Waals surface area contributed by atoms with Crippen molar-refractivity contribution < 1.29 is 4.74 Å². The second kappa shape index (κ2) is 6.20. The Kier molecular flexibility index (Phi) is 6.02. The number of hydrogen-bond donors (Lipinski definition) is 1. The molecule has 0 saturated carbocycles. The molecule has 0 aromatic rings. The third kappa shape index (κ3) is 3.88. The van der Waals surface area contributed by atoms with Crippen LogP contribution in [0, 0.1) is 0 Å². The first-order valence-electron chi connectivity index (χ1n) is 4.18. The number of methoxy groups -OCH3 is 1. The Balaban J connectivity index is 3.94. The number of hydrogen-bond acceptors (Lipinski definition) is 2. The van der Waals surface area contributed by atoms with Crippen molar-refractivity contribution in [3.63, 3.8) is 0 Å². The zero-order valence-corrected chi connectivity index (χ0v) is 8.86. The molecule has 1 atom stereocenters. The van der Waals surface area contributed by atoms with E-state index in [1.165, 1.54) is 0 Å². The Hall–Kier alpha value is -0.350. The smallest absolute Gasteiger partial charge is 0.166 e. The van der Waals surface area contributed by atoms with Crippen LogP contribution >= 0.6 is 12.2 Å². The van der Waals surface area contributed by atoms with E-state index in [-0.39, 0.29) is 0 Å². The zero-order valence-electron chi connectivity index (χ0n) is 8.04. The summed E-state index contributed by atoms with van der Waals surface area (Å²) in [5, 5.41) is 0.460. The average molecular weight is 190 g/mol. The topological polar surface area (TPSA) is 38.5 Å². The lowest BCUT2D eigenvalue weighted by Crippen LogP contribution is -2.43. The molecule has 3 nitrogen and oxygen atoms in total. The van der Waals surface area contributed by atoms with E-state index in [9.17, 15) is 0 Å². The number of nitrogens with two attached hydrogens (primary N) is 1. The molecular formula is C8H18N2OS. The molecule has 0 aliphatic rings. The normalized spacial score (nSPS) is 12.6. The molecule has 0 rings (SSSR count). The first-order valence-corrected chi connectivity index (χ1v) is 4.59. The fourth-order valence-corrected chi connectivity index (χ4v) is 1.23. The van der Waals surface area contributed by atoms with Gasteiger partial charge >= 0.3 is 0 Å². The first-order chi connectivity index (χ1) is 5.63. The van der Waals surface area contributed by atoms with Crippen LogP contribution in [0.3, 0.4) is 0 Å². The van der Waals surface area contributed by atoms with E-state index < -0.39 is 0 Å². The first kappa shape index (κ1) is 11.6. The Morgan fingerprint density at radius 1 is 1.67 bits per heavy atom. The summed E-state index contributed by atoms with van der Waals surface area (Å²) in [5.41, 5.74) is 5.56. The van der Waals surface area contributed by atoms with Gasteiger partial charge in [0.15, 0.2) is 5.11 Å². The van der Waals surface area contributed by atoms with Gasteiger partial charge in [0, 0.05) is 19.7 Å². The second-order valence-corrected chi connectivity index (χ2v) is 3.20. The van der Waals surface area contributed by atoms with E-state index in [2.05, 4.69) is 13.8 Å². The SMILES string of the molecule is CCC(C)N(CCOC)C(N)=S. The number of thiocarbonyl (C=S) groups is 1. The minimum Gasteiger partial charge on any atom is -0.383 e. The average Bonchev–Trinajstić information content (AvgIpc) is 2.04. The van der Waals surface area contributed by atoms with Gasteiger partial charge < -0.3 is 15.4 Å². The Morgan fingerprint density at radius 2 is 2.25 bits per heavy atom. The van der Waals surface area contributed by atoms with Gasteiger partial charge in [0.25, 0.3) is 0 Å². The molecule has 0 aliphatic carbocycles. The summed E-state index contributed by atoms with van der Waals surface area (Å²) in [7, 11) is 1.67. The Bertz CT molecular complexity index is 141. The molecule has 0 radical (unpaired) electrons. The zero-order chi connectivity index (χ0) is 9.56. The Labute approximate surface area is 79.9 Å². The third-order valence-electron chi connectivity index (χ3n) is 1.94. The van der Waals surface area contributed by atoms with Gasteiger partial charge in [-0.3, -0.25) is 0 Å². The van der Waals surface area contributed by atoms with E-state index in [1.807, 2.05) is 4.90 Å². The van der Waals surface area contributed by atoms with Crippen molar-refractivity contribution >= 4 is 17.3 Å². The number of rotatable bonds is 5. The molecule has 0 amide bonds. The van der Waals surface area contributed by atoms with Gasteiger partial charge in [0.1, 0.15) is 0 Å². The highest BCUT2D eigenvalue weighted by Crippen LogP contribution is 2.02. The van der Waals surface area contributed by atoms with E-state index in [0.717, 1.165) is 13.0 Å². The van der Waals surface area contributed by atoms with Crippen molar-refractivity contribution in [1.29, 1.82) is 0 Å². The van der Waals surface area contributed by atoms with Crippen LogP contribution in [0.25, 0.3) is 0 Å². The highest BCUT2D eigenvalue weighted by atomic mass is 32.1. The fourth-order valence-electron chi connectivity index (χ4n) is 0.958. The summed E-state index contributed by atoms with van der Waals surface area (Å²) in [5.74, 6) is 0. The van der Waals surface area contributed by atoms with Crippen molar-refractivity contribution in [1.82, 2.24) is 4.90 Å². The maximum atomic E-state index is 5.56. The summed E-state index contributed by atoms with van der Waals surface area (Å²) < 4.78 is 4.96. The predicted molar refractivity (Wildman–Crippen MR) is 55.1 cm³/mol. The third-order valence-corrected chi connectivity index (χ3v) is 2.18. The van der Waals surface area contributed by atoms with Crippen LogP contribution in [0.1, 0.15) is 20.3 Å². The quantitative estimate of drug-likeness (QED) is 0.656. The van der Waals surface area contributed by atoms with Crippen LogP contribution in [0.15, 0.2) is 0 Å². The van der Waals surface area contributed by atoms with E-state index >= 15 is 0 Å². The summed E-state index contributed by atoms with van der Waals surface area (Å²) in [4.78, 5) is 1.98. The fraction of sp³-hybridized carbons (Fsp3) is 0.875. The maximum absolute atomic E-state index is 5.56. The molecule has 0 fully saturated rings. The van der Waals surface area contributed by atoms with Gasteiger partial charge in [-0.15, -0.1) is 0 Å². The Morgan fingerprint density at radius 3 is 2.58 bits per heavy atom. The molecule has 1 unspecified atom stereocenters.